The number of para-hydroxylation sites is 1. The molecule has 1 aromatic heterocycles. The summed E-state index contributed by atoms with van der Waals surface area (Å²) < 4.78 is 7.29. The van der Waals surface area contributed by atoms with Gasteiger partial charge < -0.3 is 15.4 Å². The van der Waals surface area contributed by atoms with Gasteiger partial charge in [-0.1, -0.05) is 6.07 Å². The molecule has 2 saturated heterocycles. The van der Waals surface area contributed by atoms with Crippen molar-refractivity contribution in [3.8, 4) is 17.1 Å². The van der Waals surface area contributed by atoms with Crippen molar-refractivity contribution in [2.24, 2.45) is 18.9 Å². The molecule has 4 unspecified atom stereocenters. The first-order valence-electron chi connectivity index (χ1n) is 10.7. The summed E-state index contributed by atoms with van der Waals surface area (Å²) in [5.74, 6) is 0.969. The minimum atomic E-state index is -0.348. The molecule has 2 aliphatic heterocycles. The smallest absolute Gasteiger partial charge is 0.244 e. The van der Waals surface area contributed by atoms with E-state index in [4.69, 9.17) is 4.74 Å². The number of methoxy groups -OCH3 is 1. The van der Waals surface area contributed by atoms with Crippen LogP contribution < -0.4 is 26.1 Å². The summed E-state index contributed by atoms with van der Waals surface area (Å²) in [6, 6.07) is 5.44. The molecule has 4 atom stereocenters. The summed E-state index contributed by atoms with van der Waals surface area (Å²) in [6.45, 7) is 0. The first kappa shape index (κ1) is 20.6. The minimum absolute atomic E-state index is 0.0143. The average Bonchev–Trinajstić information content (AvgIpc) is 3.48. The highest BCUT2D eigenvalue weighted by Gasteiger charge is 2.49. The van der Waals surface area contributed by atoms with Gasteiger partial charge in [0, 0.05) is 32.5 Å². The average molecular weight is 441 g/mol. The summed E-state index contributed by atoms with van der Waals surface area (Å²) in [6.07, 6.45) is 1.87. The standard InChI is InChI=1S/C20H27N9O3/c1-28-18(24-26-27-28)11-5-4-6-12(16(11)32-3)21-13-9-14(23-19(30)10-7-8-10)22-17-15(13)20(31)29(2)25-17/h4-6,10,13-15,17,21-22,25H,7-9H2,1-3H3,(H,23,30). The number of fused-ring (bicyclic) bond motifs is 1. The number of hydrogen-bond donors (Lipinski definition) is 4. The molecule has 3 heterocycles. The first-order chi connectivity index (χ1) is 15.5. The lowest BCUT2D eigenvalue weighted by atomic mass is 9.88. The number of amides is 2. The molecule has 1 saturated carbocycles. The van der Waals surface area contributed by atoms with Gasteiger partial charge in [-0.05, 0) is 35.4 Å². The van der Waals surface area contributed by atoms with Crippen molar-refractivity contribution < 1.29 is 14.3 Å². The van der Waals surface area contributed by atoms with Crippen LogP contribution >= 0.6 is 0 Å². The zero-order chi connectivity index (χ0) is 22.4. The number of rotatable bonds is 6. The van der Waals surface area contributed by atoms with Crippen LogP contribution in [0.15, 0.2) is 18.2 Å². The lowest BCUT2D eigenvalue weighted by molar-refractivity contribution is -0.131. The van der Waals surface area contributed by atoms with Crippen molar-refractivity contribution >= 4 is 17.5 Å². The van der Waals surface area contributed by atoms with E-state index in [1.807, 2.05) is 18.2 Å². The van der Waals surface area contributed by atoms with Gasteiger partial charge >= 0.3 is 0 Å². The fourth-order valence-corrected chi connectivity index (χ4v) is 4.54. The normalized spacial score (nSPS) is 27.2. The number of piperidine rings is 1. The highest BCUT2D eigenvalue weighted by molar-refractivity contribution is 5.84. The maximum absolute atomic E-state index is 12.9. The number of nitrogens with one attached hydrogen (secondary N) is 4. The van der Waals surface area contributed by atoms with Gasteiger partial charge in [-0.3, -0.25) is 19.9 Å². The van der Waals surface area contributed by atoms with Gasteiger partial charge in [0.2, 0.25) is 11.8 Å². The second-order valence-corrected chi connectivity index (χ2v) is 8.53. The highest BCUT2D eigenvalue weighted by Crippen LogP contribution is 2.37. The van der Waals surface area contributed by atoms with Crippen LogP contribution in [0.3, 0.4) is 0 Å². The van der Waals surface area contributed by atoms with Gasteiger partial charge in [-0.15, -0.1) is 5.10 Å². The van der Waals surface area contributed by atoms with E-state index >= 15 is 0 Å². The second kappa shape index (κ2) is 8.02. The van der Waals surface area contributed by atoms with Crippen LogP contribution in [0.4, 0.5) is 5.69 Å². The van der Waals surface area contributed by atoms with E-state index in [2.05, 4.69) is 36.9 Å². The number of hydrazine groups is 1. The Labute approximate surface area is 185 Å². The Kier molecular flexibility index (Phi) is 5.18. The summed E-state index contributed by atoms with van der Waals surface area (Å²) in [4.78, 5) is 25.2. The number of tetrazole rings is 1. The van der Waals surface area contributed by atoms with E-state index in [0.29, 0.717) is 18.0 Å². The van der Waals surface area contributed by atoms with Gasteiger partial charge in [0.25, 0.3) is 0 Å². The van der Waals surface area contributed by atoms with Crippen molar-refractivity contribution in [3.63, 3.8) is 0 Å². The number of anilines is 1. The van der Waals surface area contributed by atoms with Crippen molar-refractivity contribution in [3.05, 3.63) is 18.2 Å². The summed E-state index contributed by atoms with van der Waals surface area (Å²) >= 11 is 0. The number of carbonyl (C=O) groups excluding carboxylic acids is 2. The first-order valence-corrected chi connectivity index (χ1v) is 10.7. The van der Waals surface area contributed by atoms with Crippen LogP contribution in [0.5, 0.6) is 5.75 Å². The molecule has 2 aromatic rings. The van der Waals surface area contributed by atoms with Crippen molar-refractivity contribution in [2.75, 3.05) is 19.5 Å². The second-order valence-electron chi connectivity index (χ2n) is 8.53. The van der Waals surface area contributed by atoms with Crippen LogP contribution in [-0.4, -0.2) is 69.6 Å². The highest BCUT2D eigenvalue weighted by atomic mass is 16.5. The van der Waals surface area contributed by atoms with E-state index < -0.39 is 0 Å². The van der Waals surface area contributed by atoms with E-state index in [1.54, 1.807) is 25.9 Å². The third-order valence-corrected chi connectivity index (χ3v) is 6.30. The van der Waals surface area contributed by atoms with Crippen molar-refractivity contribution in [1.29, 1.82) is 0 Å². The van der Waals surface area contributed by atoms with E-state index in [9.17, 15) is 9.59 Å². The lowest BCUT2D eigenvalue weighted by Crippen LogP contribution is -2.63. The van der Waals surface area contributed by atoms with Crippen molar-refractivity contribution in [2.45, 2.75) is 37.6 Å². The molecule has 3 aliphatic rings. The number of aromatic nitrogens is 4. The molecule has 0 spiro atoms. The molecular weight excluding hydrogens is 414 g/mol. The number of ether oxygens (including phenoxy) is 1. The third-order valence-electron chi connectivity index (χ3n) is 6.30. The Morgan fingerprint density at radius 3 is 2.78 bits per heavy atom. The summed E-state index contributed by atoms with van der Waals surface area (Å²) in [7, 11) is 5.06. The van der Waals surface area contributed by atoms with Crippen LogP contribution in [0.1, 0.15) is 19.3 Å². The largest absolute Gasteiger partial charge is 0.494 e. The van der Waals surface area contributed by atoms with E-state index in [-0.39, 0.29) is 42.0 Å². The summed E-state index contributed by atoms with van der Waals surface area (Å²) in [5.41, 5.74) is 4.63. The molecule has 5 rings (SSSR count). The van der Waals surface area contributed by atoms with Crippen LogP contribution in [0, 0.1) is 11.8 Å². The topological polar surface area (TPSA) is 138 Å². The molecule has 170 valence electrons. The Balaban J connectivity index is 1.43. The molecule has 1 aromatic carbocycles. The Bertz CT molecular complexity index is 1040. The third kappa shape index (κ3) is 3.65. The quantitative estimate of drug-likeness (QED) is 0.464. The molecular formula is C20H27N9O3. The molecule has 3 fully saturated rings. The fourth-order valence-electron chi connectivity index (χ4n) is 4.54. The zero-order valence-electron chi connectivity index (χ0n) is 18.2. The van der Waals surface area contributed by atoms with E-state index in [0.717, 1.165) is 24.1 Å². The molecule has 0 bridgehead atoms. The van der Waals surface area contributed by atoms with Crippen molar-refractivity contribution in [1.82, 2.24) is 41.3 Å². The van der Waals surface area contributed by atoms with Gasteiger partial charge in [-0.25, -0.2) is 10.1 Å². The van der Waals surface area contributed by atoms with Crippen LogP contribution in [0.2, 0.25) is 0 Å². The molecule has 0 radical (unpaired) electrons. The van der Waals surface area contributed by atoms with Crippen LogP contribution in [-0.2, 0) is 16.6 Å². The molecule has 2 amide bonds. The maximum Gasteiger partial charge on any atom is 0.244 e. The predicted molar refractivity (Wildman–Crippen MR) is 114 cm³/mol. The molecule has 12 nitrogen and oxygen atoms in total. The Morgan fingerprint density at radius 1 is 1.28 bits per heavy atom. The fraction of sp³-hybridized carbons (Fsp3) is 0.550. The van der Waals surface area contributed by atoms with Crippen LogP contribution in [0.25, 0.3) is 11.4 Å². The van der Waals surface area contributed by atoms with E-state index in [1.165, 1.54) is 5.01 Å². The predicted octanol–water partition coefficient (Wildman–Crippen LogP) is -0.569. The molecule has 4 N–H and O–H groups in total. The minimum Gasteiger partial charge on any atom is -0.494 e. The SMILES string of the molecule is COc1c(NC2CC(NC(=O)C3CC3)NC3NN(C)C(=O)C23)cccc1-c1nnnn1C. The Morgan fingerprint density at radius 2 is 2.09 bits per heavy atom. The maximum atomic E-state index is 12.9. The number of nitrogens with zero attached hydrogens (tertiary/aromatic N) is 5. The van der Waals surface area contributed by atoms with Gasteiger partial charge in [0.1, 0.15) is 0 Å². The summed E-state index contributed by atoms with van der Waals surface area (Å²) in [5, 5.41) is 23.2. The number of benzene rings is 1. The zero-order valence-corrected chi connectivity index (χ0v) is 18.2. The van der Waals surface area contributed by atoms with Gasteiger partial charge in [0.15, 0.2) is 11.6 Å². The molecule has 1 aliphatic carbocycles. The lowest BCUT2D eigenvalue weighted by Gasteiger charge is -2.38. The monoisotopic (exact) mass is 441 g/mol. The van der Waals surface area contributed by atoms with Gasteiger partial charge in [0.05, 0.1) is 36.6 Å². The van der Waals surface area contributed by atoms with Gasteiger partial charge in [-0.2, -0.15) is 0 Å². The number of aryl methyl sites for hydroxylation is 1. The number of hydrogen-bond acceptors (Lipinski definition) is 9. The molecule has 12 heteroatoms. The molecule has 32 heavy (non-hydrogen) atoms. The Hall–Kier alpha value is -3.25. The number of carbonyl (C=O) groups is 2.